The maximum absolute atomic E-state index is 14.9. The van der Waals surface area contributed by atoms with Crippen LogP contribution in [-0.4, -0.2) is 76.9 Å². The van der Waals surface area contributed by atoms with Crippen LogP contribution in [0.5, 0.6) is 17.2 Å². The molecule has 0 fully saturated rings. The fraction of sp³-hybridized carbons (Fsp3) is 0.333. The van der Waals surface area contributed by atoms with E-state index in [1.165, 1.54) is 13.0 Å². The lowest BCUT2D eigenvalue weighted by Gasteiger charge is -2.22. The highest BCUT2D eigenvalue weighted by atomic mass is 19.1. The van der Waals surface area contributed by atoms with Gasteiger partial charge in [-0.25, -0.2) is 18.8 Å². The van der Waals surface area contributed by atoms with E-state index in [-0.39, 0.29) is 56.7 Å². The summed E-state index contributed by atoms with van der Waals surface area (Å²) in [5.74, 6) is -2.33. The fourth-order valence-electron chi connectivity index (χ4n) is 4.99. The molecule has 12 nitrogen and oxygen atoms in total. The second kappa shape index (κ2) is 17.3. The van der Waals surface area contributed by atoms with Crippen molar-refractivity contribution in [1.29, 1.82) is 0 Å². The van der Waals surface area contributed by atoms with Crippen LogP contribution < -0.4 is 14.2 Å². The van der Waals surface area contributed by atoms with E-state index in [0.717, 1.165) is 40.5 Å². The number of fused-ring (bicyclic) bond motifs is 3. The number of esters is 3. The van der Waals surface area contributed by atoms with E-state index in [0.29, 0.717) is 19.0 Å². The van der Waals surface area contributed by atoms with Crippen LogP contribution in [0.3, 0.4) is 0 Å². The summed E-state index contributed by atoms with van der Waals surface area (Å²) in [7, 11) is 0. The Kier molecular flexibility index (Phi) is 13.0. The average molecular weight is 681 g/mol. The lowest BCUT2D eigenvalue weighted by Crippen LogP contribution is -2.17. The van der Waals surface area contributed by atoms with Crippen molar-refractivity contribution in [3.63, 3.8) is 0 Å². The molecule has 0 saturated heterocycles. The number of ether oxygens (including phenoxy) is 8. The van der Waals surface area contributed by atoms with E-state index in [1.54, 1.807) is 18.2 Å². The van der Waals surface area contributed by atoms with Crippen LogP contribution in [0.15, 0.2) is 67.3 Å². The molecule has 0 unspecified atom stereocenters. The minimum absolute atomic E-state index is 0.0735. The van der Waals surface area contributed by atoms with Crippen LogP contribution in [0.25, 0.3) is 11.1 Å². The van der Waals surface area contributed by atoms with Gasteiger partial charge in [0.2, 0.25) is 0 Å². The van der Waals surface area contributed by atoms with Crippen molar-refractivity contribution in [2.24, 2.45) is 0 Å². The van der Waals surface area contributed by atoms with Crippen LogP contribution in [0, 0.1) is 5.82 Å². The van der Waals surface area contributed by atoms with Gasteiger partial charge in [0.25, 0.3) is 0 Å². The molecule has 0 spiro atoms. The van der Waals surface area contributed by atoms with Gasteiger partial charge in [0.15, 0.2) is 0 Å². The third kappa shape index (κ3) is 10.2. The highest BCUT2D eigenvalue weighted by molar-refractivity contribution is 5.92. The zero-order chi connectivity index (χ0) is 35.4. The topological polar surface area (TPSA) is 142 Å². The molecule has 0 saturated carbocycles. The number of carbonyl (C=O) groups excluding carboxylic acids is 4. The number of rotatable bonds is 17. The molecule has 0 amide bonds. The Hall–Kier alpha value is -5.11. The molecule has 1 aliphatic rings. The van der Waals surface area contributed by atoms with Crippen molar-refractivity contribution in [2.75, 3.05) is 52.9 Å². The summed E-state index contributed by atoms with van der Waals surface area (Å²) in [5.41, 5.74) is 2.89. The number of halogens is 1. The predicted octanol–water partition coefficient (Wildman–Crippen LogP) is 5.57. The second-order valence-corrected chi connectivity index (χ2v) is 11.1. The van der Waals surface area contributed by atoms with Gasteiger partial charge in [-0.15, -0.1) is 0 Å². The molecule has 260 valence electrons. The maximum atomic E-state index is 14.9. The molecule has 0 radical (unpaired) electrons. The molecule has 0 aliphatic heterocycles. The van der Waals surface area contributed by atoms with Gasteiger partial charge in [-0.3, -0.25) is 4.79 Å². The zero-order valence-electron chi connectivity index (χ0n) is 27.4. The largest absolute Gasteiger partial charge is 0.513 e. The zero-order valence-corrected chi connectivity index (χ0v) is 27.4. The molecule has 1 aliphatic carbocycles. The number of benzene rings is 3. The molecule has 49 heavy (non-hydrogen) atoms. The first-order valence-electron chi connectivity index (χ1n) is 15.4. The summed E-state index contributed by atoms with van der Waals surface area (Å²) in [6.45, 7) is 10.1. The maximum Gasteiger partial charge on any atom is 0.513 e. The minimum Gasteiger partial charge on any atom is -0.460 e. The highest BCUT2D eigenvalue weighted by Gasteiger charge is 2.36. The average Bonchev–Trinajstić information content (AvgIpc) is 3.27. The van der Waals surface area contributed by atoms with E-state index >= 15 is 0 Å². The summed E-state index contributed by atoms with van der Waals surface area (Å²) in [6, 6.07) is 13.9. The normalized spacial score (nSPS) is 12.3. The van der Waals surface area contributed by atoms with E-state index in [4.69, 9.17) is 37.9 Å². The minimum atomic E-state index is -1.08. The van der Waals surface area contributed by atoms with Crippen LogP contribution >= 0.6 is 0 Å². The molecule has 13 heteroatoms. The van der Waals surface area contributed by atoms with E-state index in [9.17, 15) is 23.6 Å². The smallest absolute Gasteiger partial charge is 0.460 e. The van der Waals surface area contributed by atoms with Crippen molar-refractivity contribution in [3.05, 3.63) is 89.8 Å². The van der Waals surface area contributed by atoms with Crippen molar-refractivity contribution >= 4 is 24.1 Å². The number of hydrogen-bond acceptors (Lipinski definition) is 12. The van der Waals surface area contributed by atoms with Crippen LogP contribution in [-0.2, 0) is 38.7 Å². The first-order chi connectivity index (χ1) is 23.5. The summed E-state index contributed by atoms with van der Waals surface area (Å²) in [4.78, 5) is 47.2. The molecular formula is C36H37FO12. The molecule has 0 aromatic heterocycles. The molecule has 4 rings (SSSR count). The quantitative estimate of drug-likeness (QED) is 0.0578. The lowest BCUT2D eigenvalue weighted by atomic mass is 9.82. The Morgan fingerprint density at radius 1 is 0.673 bits per heavy atom. The standard InChI is InChI=1S/C36H37FO12/c1-5-33(39)45-18-16-43-14-12-42-13-15-44-17-19-46-35(41)49-26-8-11-29(32(37)22-26)34(40)48-25-7-10-28-27-9-6-24(47-23(2)38)20-30(27)36(3,4)31(28)21-25/h5-11,20-22H,1,12-19H2,2-4H3. The summed E-state index contributed by atoms with van der Waals surface area (Å²) in [6.07, 6.45) is -0.00472. The van der Waals surface area contributed by atoms with Gasteiger partial charge >= 0.3 is 24.1 Å². The van der Waals surface area contributed by atoms with Crippen LogP contribution in [0.1, 0.15) is 42.3 Å². The van der Waals surface area contributed by atoms with Crippen LogP contribution in [0.2, 0.25) is 0 Å². The first kappa shape index (κ1) is 36.7. The third-order valence-corrected chi connectivity index (χ3v) is 7.28. The van der Waals surface area contributed by atoms with Gasteiger partial charge in [-0.05, 0) is 58.7 Å². The number of hydrogen-bond donors (Lipinski definition) is 0. The van der Waals surface area contributed by atoms with Gasteiger partial charge in [0.1, 0.15) is 36.3 Å². The predicted molar refractivity (Wildman–Crippen MR) is 172 cm³/mol. The second-order valence-electron chi connectivity index (χ2n) is 11.1. The number of carbonyl (C=O) groups is 4. The monoisotopic (exact) mass is 680 g/mol. The van der Waals surface area contributed by atoms with Crippen LogP contribution in [0.4, 0.5) is 9.18 Å². The van der Waals surface area contributed by atoms with E-state index in [2.05, 4.69) is 6.58 Å². The summed E-state index contributed by atoms with van der Waals surface area (Å²) in [5, 5.41) is 0. The van der Waals surface area contributed by atoms with Gasteiger partial charge < -0.3 is 37.9 Å². The Morgan fingerprint density at radius 2 is 1.16 bits per heavy atom. The van der Waals surface area contributed by atoms with Crippen molar-refractivity contribution in [2.45, 2.75) is 26.2 Å². The molecule has 3 aromatic carbocycles. The lowest BCUT2D eigenvalue weighted by molar-refractivity contribution is -0.139. The van der Waals surface area contributed by atoms with Gasteiger partial charge in [0.05, 0.1) is 45.2 Å². The first-order valence-corrected chi connectivity index (χ1v) is 15.4. The SMILES string of the molecule is C=CC(=O)OCCOCCOCCOCCOC(=O)Oc1ccc(C(=O)Oc2ccc3c(c2)C(C)(C)c2cc(OC(C)=O)ccc2-3)c(F)c1. The van der Waals surface area contributed by atoms with Gasteiger partial charge in [-0.2, -0.15) is 0 Å². The molecular weight excluding hydrogens is 643 g/mol. The molecule has 0 N–H and O–H groups in total. The van der Waals surface area contributed by atoms with Crippen molar-refractivity contribution < 1.29 is 61.5 Å². The van der Waals surface area contributed by atoms with Gasteiger partial charge in [-0.1, -0.05) is 32.6 Å². The van der Waals surface area contributed by atoms with Crippen molar-refractivity contribution in [3.8, 4) is 28.4 Å². The summed E-state index contributed by atoms with van der Waals surface area (Å²) >= 11 is 0. The van der Waals surface area contributed by atoms with E-state index < -0.39 is 35.3 Å². The molecule has 3 aromatic rings. The highest BCUT2D eigenvalue weighted by Crippen LogP contribution is 2.50. The summed E-state index contributed by atoms with van der Waals surface area (Å²) < 4.78 is 56.2. The van der Waals surface area contributed by atoms with Gasteiger partial charge in [0, 0.05) is 24.5 Å². The van der Waals surface area contributed by atoms with E-state index in [1.807, 2.05) is 32.0 Å². The van der Waals surface area contributed by atoms with Crippen molar-refractivity contribution in [1.82, 2.24) is 0 Å². The molecule has 0 heterocycles. The Labute approximate surface area is 282 Å². The molecule has 0 atom stereocenters. The fourth-order valence-corrected chi connectivity index (χ4v) is 4.99. The Morgan fingerprint density at radius 3 is 1.69 bits per heavy atom. The Balaban J connectivity index is 1.17. The third-order valence-electron chi connectivity index (χ3n) is 7.28. The molecule has 0 bridgehead atoms. The Bertz CT molecular complexity index is 1680.